The molecule has 32 heavy (non-hydrogen) atoms. The van der Waals surface area contributed by atoms with Gasteiger partial charge in [0.2, 0.25) is 0 Å². The van der Waals surface area contributed by atoms with Gasteiger partial charge in [-0.3, -0.25) is 0 Å². The molecule has 4 heteroatoms. The zero-order valence-electron chi connectivity index (χ0n) is 20.3. The van der Waals surface area contributed by atoms with Gasteiger partial charge in [0.15, 0.2) is 0 Å². The van der Waals surface area contributed by atoms with Gasteiger partial charge in [-0.25, -0.2) is 0 Å². The van der Waals surface area contributed by atoms with E-state index in [-0.39, 0.29) is 36.7 Å². The van der Waals surface area contributed by atoms with Crippen molar-refractivity contribution in [3.05, 3.63) is 91.0 Å². The van der Waals surface area contributed by atoms with Crippen molar-refractivity contribution in [1.82, 2.24) is 0 Å². The Hall–Kier alpha value is -1.71. The zero-order valence-corrected chi connectivity index (χ0v) is 23.0. The minimum atomic E-state index is -1.91. The Kier molecular flexibility index (Phi) is 9.91. The Morgan fingerprint density at radius 3 is 2.28 bits per heavy atom. The zero-order chi connectivity index (χ0) is 23.8. The van der Waals surface area contributed by atoms with E-state index in [9.17, 15) is 4.79 Å². The first-order valence-corrected chi connectivity index (χ1v) is 16.0. The van der Waals surface area contributed by atoms with Gasteiger partial charge in [0.1, 0.15) is 0 Å². The van der Waals surface area contributed by atoms with E-state index in [2.05, 4.69) is 53.1 Å². The summed E-state index contributed by atoms with van der Waals surface area (Å²) in [5, 5.41) is 0.149. The van der Waals surface area contributed by atoms with Gasteiger partial charge in [0, 0.05) is 0 Å². The van der Waals surface area contributed by atoms with Crippen LogP contribution in [0.2, 0.25) is 18.1 Å². The molecule has 0 N–H and O–H groups in total. The molecule has 0 aliphatic carbocycles. The summed E-state index contributed by atoms with van der Waals surface area (Å²) in [6.07, 6.45) is 6.59. The molecule has 0 aromatic heterocycles. The third-order valence-electron chi connectivity index (χ3n) is 6.37. The molecule has 2 aromatic rings. The summed E-state index contributed by atoms with van der Waals surface area (Å²) in [7, 11) is -1.91. The first-order valence-electron chi connectivity index (χ1n) is 11.4. The molecule has 2 rings (SSSR count). The molecule has 0 aliphatic rings. The average molecular weight is 514 g/mol. The van der Waals surface area contributed by atoms with E-state index in [1.54, 1.807) is 0 Å². The fraction of sp³-hybridized carbons (Fsp3) is 0.393. The van der Waals surface area contributed by atoms with Crippen LogP contribution in [0.15, 0.2) is 79.9 Å². The number of rotatable bonds is 12. The normalized spacial score (nSPS) is 13.9. The molecule has 2 aromatic carbocycles. The van der Waals surface area contributed by atoms with Gasteiger partial charge < -0.3 is 0 Å². The van der Waals surface area contributed by atoms with E-state index in [4.69, 9.17) is 4.43 Å². The molecule has 0 saturated carbocycles. The monoisotopic (exact) mass is 514 g/mol. The van der Waals surface area contributed by atoms with Gasteiger partial charge in [-0.05, 0) is 0 Å². The summed E-state index contributed by atoms with van der Waals surface area (Å²) in [4.78, 5) is 13.1. The van der Waals surface area contributed by atoms with Crippen molar-refractivity contribution in [1.29, 1.82) is 0 Å². The van der Waals surface area contributed by atoms with Crippen molar-refractivity contribution >= 4 is 32.4 Å². The summed E-state index contributed by atoms with van der Waals surface area (Å²) in [5.74, 6) is 0.213. The summed E-state index contributed by atoms with van der Waals surface area (Å²) in [6, 6.07) is 18.1. The number of carbonyl (C=O) groups is 1. The van der Waals surface area contributed by atoms with Crippen molar-refractivity contribution in [3.8, 4) is 0 Å². The van der Waals surface area contributed by atoms with Crippen LogP contribution in [0.5, 0.6) is 0 Å². The molecule has 0 radical (unpaired) electrons. The summed E-state index contributed by atoms with van der Waals surface area (Å²) < 4.78 is 8.11. The van der Waals surface area contributed by atoms with E-state index >= 15 is 0 Å². The molecule has 0 unspecified atom stereocenters. The molecule has 2 nitrogen and oxygen atoms in total. The standard InChI is InChI=1S/C28H38O2SeSi/c1-8-15-26(30-32(6,7)28(3,4)5)22(9-2)20-21-23-16-13-14-19-25(23)27(29)31-24-17-11-10-12-18-24/h8-14,16-19,22,26H,1-2,15,20-21H2,3-7H3/t22-,26+/m0/s1. The van der Waals surface area contributed by atoms with E-state index in [0.717, 1.165) is 34.9 Å². The molecule has 0 fully saturated rings. The first-order chi connectivity index (χ1) is 15.1. The van der Waals surface area contributed by atoms with Gasteiger partial charge in [-0.2, -0.15) is 0 Å². The Balaban J connectivity index is 2.15. The molecule has 2 atom stereocenters. The Morgan fingerprint density at radius 1 is 1.06 bits per heavy atom. The van der Waals surface area contributed by atoms with Gasteiger partial charge in [0.25, 0.3) is 0 Å². The molecule has 0 aliphatic heterocycles. The fourth-order valence-electron chi connectivity index (χ4n) is 3.40. The Bertz CT molecular complexity index is 899. The molecule has 172 valence electrons. The molecule has 0 spiro atoms. The number of hydrogen-bond acceptors (Lipinski definition) is 2. The van der Waals surface area contributed by atoms with Crippen LogP contribution in [0, 0.1) is 5.92 Å². The van der Waals surface area contributed by atoms with Crippen LogP contribution in [-0.2, 0) is 10.8 Å². The molecular formula is C28H38O2SeSi. The second-order valence-electron chi connectivity index (χ2n) is 9.74. The third kappa shape index (κ3) is 7.42. The maximum atomic E-state index is 13.1. The number of benzene rings is 2. The summed E-state index contributed by atoms with van der Waals surface area (Å²) in [5.41, 5.74) is 1.97. The van der Waals surface area contributed by atoms with Crippen LogP contribution in [0.3, 0.4) is 0 Å². The van der Waals surface area contributed by atoms with Crippen LogP contribution < -0.4 is 4.46 Å². The average Bonchev–Trinajstić information content (AvgIpc) is 2.74. The third-order valence-corrected chi connectivity index (χ3v) is 12.8. The van der Waals surface area contributed by atoms with E-state index < -0.39 is 8.32 Å². The van der Waals surface area contributed by atoms with Crippen LogP contribution in [0.25, 0.3) is 0 Å². The fourth-order valence-corrected chi connectivity index (χ4v) is 6.49. The maximum absolute atomic E-state index is 13.1. The number of aryl methyl sites for hydroxylation is 1. The van der Waals surface area contributed by atoms with E-state index in [0.29, 0.717) is 0 Å². The van der Waals surface area contributed by atoms with E-state index in [1.807, 2.05) is 60.7 Å². The van der Waals surface area contributed by atoms with Crippen LogP contribution in [0.1, 0.15) is 49.5 Å². The summed E-state index contributed by atoms with van der Waals surface area (Å²) in [6.45, 7) is 19.5. The minimum absolute atomic E-state index is 0.0716. The molecular weight excluding hydrogens is 475 g/mol. The van der Waals surface area contributed by atoms with Crippen LogP contribution in [0.4, 0.5) is 0 Å². The summed E-state index contributed by atoms with van der Waals surface area (Å²) >= 11 is -0.216. The SMILES string of the molecule is C=CC[C@@H](O[Si](C)(C)C(C)(C)C)[C@@H](C=C)CCc1ccccc1C(=O)[Se]c1ccccc1. The quantitative estimate of drug-likeness (QED) is 0.237. The van der Waals surface area contributed by atoms with Gasteiger partial charge in [-0.1, -0.05) is 0 Å². The van der Waals surface area contributed by atoms with Crippen molar-refractivity contribution in [2.45, 2.75) is 64.3 Å². The number of carbonyl (C=O) groups excluding carboxylic acids is 1. The van der Waals surface area contributed by atoms with E-state index in [1.165, 1.54) is 0 Å². The van der Waals surface area contributed by atoms with Crippen molar-refractivity contribution in [2.24, 2.45) is 5.92 Å². The Morgan fingerprint density at radius 2 is 1.69 bits per heavy atom. The topological polar surface area (TPSA) is 26.3 Å². The Labute approximate surface area is 202 Å². The van der Waals surface area contributed by atoms with Gasteiger partial charge in [0.05, 0.1) is 0 Å². The second-order valence-corrected chi connectivity index (χ2v) is 16.7. The molecule has 0 amide bonds. The number of hydrogen-bond donors (Lipinski definition) is 0. The molecule has 0 bridgehead atoms. The second kappa shape index (κ2) is 11.9. The first kappa shape index (κ1) is 26.5. The molecule has 0 heterocycles. The van der Waals surface area contributed by atoms with Crippen molar-refractivity contribution in [3.63, 3.8) is 0 Å². The van der Waals surface area contributed by atoms with Gasteiger partial charge in [-0.15, -0.1) is 0 Å². The van der Waals surface area contributed by atoms with Crippen molar-refractivity contribution < 1.29 is 9.22 Å². The predicted octanol–water partition coefficient (Wildman–Crippen LogP) is 6.56. The van der Waals surface area contributed by atoms with Crippen LogP contribution >= 0.6 is 0 Å². The molecule has 0 saturated heterocycles. The van der Waals surface area contributed by atoms with Crippen LogP contribution in [-0.4, -0.2) is 34.1 Å². The van der Waals surface area contributed by atoms with Gasteiger partial charge >= 0.3 is 203 Å². The predicted molar refractivity (Wildman–Crippen MR) is 141 cm³/mol. The van der Waals surface area contributed by atoms with Crippen molar-refractivity contribution in [2.75, 3.05) is 0 Å².